The molecule has 0 aliphatic heterocycles. The largest absolute Gasteiger partial charge is 0.380 e. The highest BCUT2D eigenvalue weighted by atomic mass is 16.5. The van der Waals surface area contributed by atoms with Crippen molar-refractivity contribution in [1.82, 2.24) is 5.16 Å². The molecule has 0 radical (unpaired) electrons. The summed E-state index contributed by atoms with van der Waals surface area (Å²) in [5, 5.41) is 3.90. The van der Waals surface area contributed by atoms with Crippen LogP contribution in [0.1, 0.15) is 32.1 Å². The average Bonchev–Trinajstić information content (AvgIpc) is 2.60. The number of rotatable bonds is 1. The van der Waals surface area contributed by atoms with Gasteiger partial charge in [0.15, 0.2) is 11.6 Å². The van der Waals surface area contributed by atoms with Gasteiger partial charge in [0.25, 0.3) is 0 Å². The van der Waals surface area contributed by atoms with Crippen molar-refractivity contribution in [3.8, 4) is 11.1 Å². The van der Waals surface area contributed by atoms with Gasteiger partial charge >= 0.3 is 0 Å². The lowest BCUT2D eigenvalue weighted by Gasteiger charge is -2.16. The third-order valence-corrected chi connectivity index (χ3v) is 2.81. The van der Waals surface area contributed by atoms with Crippen LogP contribution in [0.3, 0.4) is 0 Å². The lowest BCUT2D eigenvalue weighted by molar-refractivity contribution is 0.332. The van der Waals surface area contributed by atoms with E-state index in [0.29, 0.717) is 5.82 Å². The molecule has 0 amide bonds. The number of aromatic nitrogens is 1. The summed E-state index contributed by atoms with van der Waals surface area (Å²) in [5.74, 6) is 1.30. The quantitative estimate of drug-likeness (QED) is 0.815. The van der Waals surface area contributed by atoms with Gasteiger partial charge in [-0.05, 0) is 18.1 Å². The van der Waals surface area contributed by atoms with Crippen LogP contribution < -0.4 is 5.73 Å². The van der Waals surface area contributed by atoms with Gasteiger partial charge in [-0.25, -0.2) is 0 Å². The Kier molecular flexibility index (Phi) is 2.69. The molecule has 0 fully saturated rings. The van der Waals surface area contributed by atoms with E-state index in [1.807, 2.05) is 18.2 Å². The fourth-order valence-corrected chi connectivity index (χ4v) is 1.93. The van der Waals surface area contributed by atoms with E-state index < -0.39 is 0 Å². The average molecular weight is 230 g/mol. The number of benzene rings is 1. The Bertz CT molecular complexity index is 535. The second kappa shape index (κ2) is 3.91. The molecule has 90 valence electrons. The molecule has 0 atom stereocenters. The number of nitrogens with zero attached hydrogens (tertiary/aromatic N) is 1. The molecule has 1 aromatic heterocycles. The second-order valence-corrected chi connectivity index (χ2v) is 5.34. The molecule has 0 saturated heterocycles. The van der Waals surface area contributed by atoms with Crippen molar-refractivity contribution in [2.75, 3.05) is 5.73 Å². The van der Waals surface area contributed by atoms with Crippen molar-refractivity contribution >= 4 is 5.82 Å². The summed E-state index contributed by atoms with van der Waals surface area (Å²) in [6.07, 6.45) is 0. The summed E-state index contributed by atoms with van der Waals surface area (Å²) in [4.78, 5) is 0. The summed E-state index contributed by atoms with van der Waals surface area (Å²) < 4.78 is 5.39. The Morgan fingerprint density at radius 2 is 1.82 bits per heavy atom. The van der Waals surface area contributed by atoms with Gasteiger partial charge in [0, 0.05) is 5.41 Å². The molecule has 0 aliphatic carbocycles. The minimum Gasteiger partial charge on any atom is -0.380 e. The lowest BCUT2D eigenvalue weighted by atomic mass is 9.87. The van der Waals surface area contributed by atoms with Gasteiger partial charge in [0.2, 0.25) is 0 Å². The van der Waals surface area contributed by atoms with E-state index >= 15 is 0 Å². The van der Waals surface area contributed by atoms with Crippen molar-refractivity contribution in [3.05, 3.63) is 35.6 Å². The third kappa shape index (κ3) is 2.05. The molecule has 3 heteroatoms. The van der Waals surface area contributed by atoms with E-state index in [1.54, 1.807) is 0 Å². The number of hydrogen-bond donors (Lipinski definition) is 1. The van der Waals surface area contributed by atoms with E-state index in [4.69, 9.17) is 10.3 Å². The maximum Gasteiger partial charge on any atom is 0.175 e. The minimum atomic E-state index is -0.109. The highest BCUT2D eigenvalue weighted by molar-refractivity contribution is 5.78. The number of nitrogen functional groups attached to an aromatic ring is 1. The van der Waals surface area contributed by atoms with Crippen LogP contribution in [0.25, 0.3) is 11.1 Å². The number of hydrogen-bond acceptors (Lipinski definition) is 3. The van der Waals surface area contributed by atoms with E-state index in [-0.39, 0.29) is 5.41 Å². The summed E-state index contributed by atoms with van der Waals surface area (Å²) >= 11 is 0. The molecule has 0 aliphatic rings. The Labute approximate surface area is 102 Å². The summed E-state index contributed by atoms with van der Waals surface area (Å²) in [6.45, 7) is 8.34. The molecular formula is C14H18N2O. The number of nitrogens with two attached hydrogens (primary N) is 1. The monoisotopic (exact) mass is 230 g/mol. The minimum absolute atomic E-state index is 0.109. The van der Waals surface area contributed by atoms with Crippen LogP contribution in [0.4, 0.5) is 5.82 Å². The van der Waals surface area contributed by atoms with E-state index in [1.165, 1.54) is 5.56 Å². The van der Waals surface area contributed by atoms with Crippen LogP contribution in [-0.4, -0.2) is 5.16 Å². The third-order valence-electron chi connectivity index (χ3n) is 2.81. The standard InChI is InChI=1S/C14H18N2O/c1-9-7-5-6-8-10(9)11-12(14(2,3)4)17-16-13(11)15/h5-8H,1-4H3,(H2,15,16). The van der Waals surface area contributed by atoms with Gasteiger partial charge in [-0.2, -0.15) is 0 Å². The highest BCUT2D eigenvalue weighted by Gasteiger charge is 2.27. The molecule has 2 aromatic rings. The Morgan fingerprint density at radius 1 is 1.18 bits per heavy atom. The predicted octanol–water partition coefficient (Wildman–Crippen LogP) is 3.53. The molecule has 2 rings (SSSR count). The van der Waals surface area contributed by atoms with Crippen molar-refractivity contribution in [1.29, 1.82) is 0 Å². The van der Waals surface area contributed by atoms with Gasteiger partial charge in [-0.15, -0.1) is 0 Å². The smallest absolute Gasteiger partial charge is 0.175 e. The molecule has 0 unspecified atom stereocenters. The molecule has 1 aromatic carbocycles. The van der Waals surface area contributed by atoms with Crippen molar-refractivity contribution in [2.24, 2.45) is 0 Å². The SMILES string of the molecule is Cc1ccccc1-c1c(N)noc1C(C)(C)C. The van der Waals surface area contributed by atoms with Crippen LogP contribution in [0.2, 0.25) is 0 Å². The Morgan fingerprint density at radius 3 is 2.41 bits per heavy atom. The summed E-state index contributed by atoms with van der Waals surface area (Å²) in [7, 11) is 0. The Hall–Kier alpha value is -1.77. The van der Waals surface area contributed by atoms with Crippen molar-refractivity contribution in [3.63, 3.8) is 0 Å². The zero-order chi connectivity index (χ0) is 12.6. The maximum absolute atomic E-state index is 5.93. The van der Waals surface area contributed by atoms with Gasteiger partial charge in [0.05, 0.1) is 5.56 Å². The molecule has 1 heterocycles. The molecule has 17 heavy (non-hydrogen) atoms. The maximum atomic E-state index is 5.93. The zero-order valence-electron chi connectivity index (χ0n) is 10.7. The first kappa shape index (κ1) is 11.7. The van der Waals surface area contributed by atoms with Crippen LogP contribution >= 0.6 is 0 Å². The zero-order valence-corrected chi connectivity index (χ0v) is 10.7. The van der Waals surface area contributed by atoms with E-state index in [0.717, 1.165) is 16.9 Å². The van der Waals surface area contributed by atoms with Crippen LogP contribution in [0.5, 0.6) is 0 Å². The lowest BCUT2D eigenvalue weighted by Crippen LogP contribution is -2.11. The molecular weight excluding hydrogens is 212 g/mol. The molecule has 3 nitrogen and oxygen atoms in total. The summed E-state index contributed by atoms with van der Waals surface area (Å²) in [6, 6.07) is 8.13. The predicted molar refractivity (Wildman–Crippen MR) is 69.8 cm³/mol. The fourth-order valence-electron chi connectivity index (χ4n) is 1.93. The molecule has 2 N–H and O–H groups in total. The number of anilines is 1. The first-order valence-electron chi connectivity index (χ1n) is 5.73. The Balaban J connectivity index is 2.68. The molecule has 0 bridgehead atoms. The summed E-state index contributed by atoms with van der Waals surface area (Å²) in [5.41, 5.74) is 9.02. The first-order chi connectivity index (χ1) is 7.91. The van der Waals surface area contributed by atoms with Crippen LogP contribution in [0.15, 0.2) is 28.8 Å². The fraction of sp³-hybridized carbons (Fsp3) is 0.357. The van der Waals surface area contributed by atoms with E-state index in [2.05, 4.69) is 38.9 Å². The molecule has 0 spiro atoms. The van der Waals surface area contributed by atoms with Gasteiger partial charge < -0.3 is 10.3 Å². The van der Waals surface area contributed by atoms with Gasteiger partial charge in [-0.1, -0.05) is 50.2 Å². The van der Waals surface area contributed by atoms with Crippen molar-refractivity contribution < 1.29 is 4.52 Å². The van der Waals surface area contributed by atoms with Gasteiger partial charge in [0.1, 0.15) is 0 Å². The highest BCUT2D eigenvalue weighted by Crippen LogP contribution is 2.38. The van der Waals surface area contributed by atoms with Crippen LogP contribution in [0, 0.1) is 6.92 Å². The van der Waals surface area contributed by atoms with Crippen LogP contribution in [-0.2, 0) is 5.41 Å². The number of aryl methyl sites for hydroxylation is 1. The van der Waals surface area contributed by atoms with Crippen molar-refractivity contribution in [2.45, 2.75) is 33.1 Å². The normalized spacial score (nSPS) is 11.8. The second-order valence-electron chi connectivity index (χ2n) is 5.34. The van der Waals surface area contributed by atoms with E-state index in [9.17, 15) is 0 Å². The topological polar surface area (TPSA) is 52.0 Å². The van der Waals surface area contributed by atoms with Gasteiger partial charge in [-0.3, -0.25) is 0 Å². The first-order valence-corrected chi connectivity index (χ1v) is 5.73. The molecule has 0 saturated carbocycles.